The van der Waals surface area contributed by atoms with Crippen LogP contribution in [0.5, 0.6) is 11.5 Å². The van der Waals surface area contributed by atoms with E-state index in [0.717, 1.165) is 18.3 Å². The van der Waals surface area contributed by atoms with Gasteiger partial charge in [0.1, 0.15) is 5.75 Å². The quantitative estimate of drug-likeness (QED) is 0.580. The van der Waals surface area contributed by atoms with E-state index in [4.69, 9.17) is 27.3 Å². The van der Waals surface area contributed by atoms with Crippen LogP contribution >= 0.6 is 11.6 Å². The maximum Gasteiger partial charge on any atom is 0.437 e. The van der Waals surface area contributed by atoms with Crippen LogP contribution in [0.15, 0.2) is 40.3 Å². The van der Waals surface area contributed by atoms with E-state index in [1.807, 2.05) is 0 Å². The van der Waals surface area contributed by atoms with Crippen molar-refractivity contribution in [3.8, 4) is 17.6 Å². The molecule has 3 N–H and O–H groups in total. The van der Waals surface area contributed by atoms with Crippen LogP contribution in [-0.4, -0.2) is 25.4 Å². The lowest BCUT2D eigenvalue weighted by molar-refractivity contribution is -0.142. The van der Waals surface area contributed by atoms with Gasteiger partial charge in [-0.15, -0.1) is 0 Å². The molecule has 0 saturated heterocycles. The number of nitrogens with two attached hydrogens (primary N) is 1. The van der Waals surface area contributed by atoms with Gasteiger partial charge in [0, 0.05) is 11.2 Å². The fourth-order valence-electron chi connectivity index (χ4n) is 2.52. The van der Waals surface area contributed by atoms with Gasteiger partial charge in [-0.25, -0.2) is 9.97 Å². The first kappa shape index (κ1) is 22.5. The predicted molar refractivity (Wildman–Crippen MR) is 102 cm³/mol. The topological polar surface area (TPSA) is 157 Å². The number of halogens is 4. The molecule has 0 spiro atoms. The first-order valence-corrected chi connectivity index (χ1v) is 8.80. The van der Waals surface area contributed by atoms with E-state index in [2.05, 4.69) is 15.0 Å². The van der Waals surface area contributed by atoms with Crippen molar-refractivity contribution in [2.45, 2.75) is 12.7 Å². The van der Waals surface area contributed by atoms with Gasteiger partial charge in [-0.2, -0.15) is 18.4 Å². The van der Waals surface area contributed by atoms with Crippen molar-refractivity contribution in [2.75, 3.05) is 0 Å². The van der Waals surface area contributed by atoms with Crippen LogP contribution < -0.4 is 21.6 Å². The average Bonchev–Trinajstić information content (AvgIpc) is 2.70. The highest BCUT2D eigenvalue weighted by Gasteiger charge is 2.38. The number of aromatic amines is 1. The maximum atomic E-state index is 13.4. The van der Waals surface area contributed by atoms with Gasteiger partial charge in [0.15, 0.2) is 11.5 Å². The smallest absolute Gasteiger partial charge is 0.437 e. The van der Waals surface area contributed by atoms with Gasteiger partial charge >= 0.3 is 6.18 Å². The van der Waals surface area contributed by atoms with Gasteiger partial charge in [0.05, 0.1) is 30.1 Å². The van der Waals surface area contributed by atoms with E-state index < -0.39 is 47.0 Å². The first-order valence-electron chi connectivity index (χ1n) is 8.42. The number of H-pyrrole nitrogens is 1. The van der Waals surface area contributed by atoms with Crippen LogP contribution in [0.3, 0.4) is 0 Å². The molecule has 3 aromatic rings. The van der Waals surface area contributed by atoms with Crippen LogP contribution in [0, 0.1) is 11.3 Å². The number of nitriles is 1. The molecule has 14 heteroatoms. The Hall–Kier alpha value is -4.18. The van der Waals surface area contributed by atoms with Crippen LogP contribution in [0.25, 0.3) is 0 Å². The fourth-order valence-corrected chi connectivity index (χ4v) is 2.75. The molecule has 0 bridgehead atoms. The molecular weight excluding hydrogens is 457 g/mol. The largest absolute Gasteiger partial charge is 0.449 e. The number of nitrogens with zero attached hydrogens (tertiary/aromatic N) is 4. The summed E-state index contributed by atoms with van der Waals surface area (Å²) < 4.78 is 46.1. The lowest BCUT2D eigenvalue weighted by Crippen LogP contribution is -2.29. The first-order chi connectivity index (χ1) is 15.0. The number of ether oxygens (including phenoxy) is 1. The van der Waals surface area contributed by atoms with Crippen molar-refractivity contribution < 1.29 is 22.7 Å². The van der Waals surface area contributed by atoms with E-state index in [0.29, 0.717) is 10.9 Å². The summed E-state index contributed by atoms with van der Waals surface area (Å²) >= 11 is 5.83. The number of carbonyl (C=O) groups excluding carboxylic acids is 1. The minimum Gasteiger partial charge on any atom is -0.449 e. The summed E-state index contributed by atoms with van der Waals surface area (Å²) in [5.74, 6) is -2.93. The summed E-state index contributed by atoms with van der Waals surface area (Å²) in [5, 5.41) is 8.98. The zero-order valence-corrected chi connectivity index (χ0v) is 16.4. The molecule has 2 aromatic heterocycles. The standard InChI is InChI=1S/C18H10ClF3N6O4/c19-10-1-8(4-23)2-11(3-10)32-12-13(18(20,21)22)26-7-28(17(12)31)6-9-5-25-15(14(24)29)27-16(9)30/h1-3,5,7H,6H2,(H2,24,29)(H,25,27,30). The summed E-state index contributed by atoms with van der Waals surface area (Å²) in [6.45, 7) is -0.541. The zero-order valence-electron chi connectivity index (χ0n) is 15.6. The van der Waals surface area contributed by atoms with Crippen LogP contribution in [0.4, 0.5) is 13.2 Å². The number of rotatable bonds is 5. The Morgan fingerprint density at radius 3 is 2.59 bits per heavy atom. The number of amides is 1. The van der Waals surface area contributed by atoms with Gasteiger partial charge in [-0.1, -0.05) is 11.6 Å². The Bertz CT molecular complexity index is 1380. The van der Waals surface area contributed by atoms with Gasteiger partial charge in [-0.05, 0) is 18.2 Å². The molecule has 3 rings (SSSR count). The third-order valence-electron chi connectivity index (χ3n) is 3.93. The van der Waals surface area contributed by atoms with Crippen molar-refractivity contribution in [2.24, 2.45) is 5.73 Å². The highest BCUT2D eigenvalue weighted by atomic mass is 35.5. The normalized spacial score (nSPS) is 11.1. The van der Waals surface area contributed by atoms with Crippen LogP contribution in [0.2, 0.25) is 5.02 Å². The molecule has 10 nitrogen and oxygen atoms in total. The molecule has 1 aromatic carbocycles. The summed E-state index contributed by atoms with van der Waals surface area (Å²) in [4.78, 5) is 44.9. The number of hydrogen-bond donors (Lipinski definition) is 2. The number of aromatic nitrogens is 4. The molecule has 0 aliphatic carbocycles. The minimum atomic E-state index is -5.05. The second-order valence-electron chi connectivity index (χ2n) is 6.19. The van der Waals surface area contributed by atoms with Crippen molar-refractivity contribution in [1.29, 1.82) is 5.26 Å². The predicted octanol–water partition coefficient (Wildman–Crippen LogP) is 1.81. The number of primary amides is 1. The van der Waals surface area contributed by atoms with Crippen molar-refractivity contribution >= 4 is 17.5 Å². The van der Waals surface area contributed by atoms with Gasteiger partial charge in [-0.3, -0.25) is 19.0 Å². The fraction of sp³-hybridized carbons (Fsp3) is 0.111. The van der Waals surface area contributed by atoms with E-state index in [1.54, 1.807) is 6.07 Å². The molecular formula is C18H10ClF3N6O4. The minimum absolute atomic E-state index is 0.0102. The van der Waals surface area contributed by atoms with Gasteiger partial charge < -0.3 is 15.5 Å². The Labute approximate surface area is 180 Å². The van der Waals surface area contributed by atoms with Crippen molar-refractivity contribution in [3.63, 3.8) is 0 Å². The van der Waals surface area contributed by atoms with Crippen molar-refractivity contribution in [3.05, 3.63) is 79.1 Å². The van der Waals surface area contributed by atoms with Crippen molar-refractivity contribution in [1.82, 2.24) is 19.5 Å². The Kier molecular flexibility index (Phi) is 5.99. The SMILES string of the molecule is N#Cc1cc(Cl)cc(Oc2c(C(F)(F)F)ncn(Cc3cnc(C(N)=O)[nH]c3=O)c2=O)c1. The third-order valence-corrected chi connectivity index (χ3v) is 4.15. The molecule has 0 fully saturated rings. The second kappa shape index (κ2) is 8.52. The van der Waals surface area contributed by atoms with E-state index in [-0.39, 0.29) is 21.9 Å². The molecule has 0 aliphatic rings. The summed E-state index contributed by atoms with van der Waals surface area (Å²) in [7, 11) is 0. The number of hydrogen-bond acceptors (Lipinski definition) is 7. The highest BCUT2D eigenvalue weighted by molar-refractivity contribution is 6.30. The Balaban J connectivity index is 2.09. The monoisotopic (exact) mass is 466 g/mol. The van der Waals surface area contributed by atoms with E-state index in [9.17, 15) is 27.6 Å². The third kappa shape index (κ3) is 4.76. The molecule has 0 radical (unpaired) electrons. The van der Waals surface area contributed by atoms with Crippen LogP contribution in [-0.2, 0) is 12.7 Å². The average molecular weight is 467 g/mol. The number of nitrogens with one attached hydrogen (secondary N) is 1. The molecule has 164 valence electrons. The molecule has 0 aliphatic heterocycles. The molecule has 1 amide bonds. The zero-order chi connectivity index (χ0) is 23.6. The molecule has 0 saturated carbocycles. The summed E-state index contributed by atoms with van der Waals surface area (Å²) in [5.41, 5.74) is 1.09. The Morgan fingerprint density at radius 1 is 1.28 bits per heavy atom. The van der Waals surface area contributed by atoms with E-state index in [1.165, 1.54) is 6.07 Å². The molecule has 0 unspecified atom stereocenters. The number of benzene rings is 1. The summed E-state index contributed by atoms with van der Waals surface area (Å²) in [6.07, 6.45) is -3.52. The van der Waals surface area contributed by atoms with Gasteiger partial charge in [0.25, 0.3) is 17.0 Å². The Morgan fingerprint density at radius 2 is 2.00 bits per heavy atom. The lowest BCUT2D eigenvalue weighted by atomic mass is 10.2. The van der Waals surface area contributed by atoms with E-state index >= 15 is 0 Å². The molecule has 2 heterocycles. The summed E-state index contributed by atoms with van der Waals surface area (Å²) in [6, 6.07) is 5.19. The lowest BCUT2D eigenvalue weighted by Gasteiger charge is -2.14. The number of carbonyl (C=O) groups is 1. The molecule has 32 heavy (non-hydrogen) atoms. The molecule has 0 atom stereocenters. The number of alkyl halides is 3. The second-order valence-corrected chi connectivity index (χ2v) is 6.63. The maximum absolute atomic E-state index is 13.4. The van der Waals surface area contributed by atoms with Gasteiger partial charge in [0.2, 0.25) is 5.75 Å². The van der Waals surface area contributed by atoms with Crippen LogP contribution in [0.1, 0.15) is 27.4 Å². The highest BCUT2D eigenvalue weighted by Crippen LogP contribution is 2.35.